The van der Waals surface area contributed by atoms with Crippen LogP contribution in [0, 0.1) is 0 Å². The van der Waals surface area contributed by atoms with Gasteiger partial charge in [-0.05, 0) is 19.2 Å². The minimum absolute atomic E-state index is 0. The van der Waals surface area contributed by atoms with Gasteiger partial charge < -0.3 is 14.8 Å². The number of piperazine rings is 1. The van der Waals surface area contributed by atoms with Crippen LogP contribution in [0.1, 0.15) is 11.9 Å². The number of thiophene rings is 1. The summed E-state index contributed by atoms with van der Waals surface area (Å²) in [5.74, 6) is 1.24. The van der Waals surface area contributed by atoms with Gasteiger partial charge in [-0.1, -0.05) is 16.8 Å². The normalized spacial score (nSPS) is 18.5. The first-order chi connectivity index (χ1) is 11.2. The van der Waals surface area contributed by atoms with Gasteiger partial charge in [0.05, 0.1) is 15.9 Å². The Labute approximate surface area is 154 Å². The smallest absolute Gasteiger partial charge is 0.260 e. The summed E-state index contributed by atoms with van der Waals surface area (Å²) in [6, 6.07) is 4.02. The lowest BCUT2D eigenvalue weighted by Gasteiger charge is -2.30. The second-order valence-corrected chi connectivity index (χ2v) is 7.26. The summed E-state index contributed by atoms with van der Waals surface area (Å²) in [6.45, 7) is 2.78. The standard InChI is InChI=1S/C15H16ClN5OS.ClH/c1-21-5-4-17-8-11(21)14-19-15(22-20-14)10-7-18-6-9(10)12-2-3-13(16)23-12;/h2-3,6-7,11,17-18H,4-5,8H2,1H3;1H. The average molecular weight is 386 g/mol. The van der Waals surface area contributed by atoms with E-state index in [9.17, 15) is 0 Å². The SMILES string of the molecule is CN1CCNCC1c1noc(-c2c[nH]cc2-c2ccc(Cl)s2)n1.Cl. The fourth-order valence-electron chi connectivity index (χ4n) is 2.78. The van der Waals surface area contributed by atoms with Gasteiger partial charge >= 0.3 is 0 Å². The lowest BCUT2D eigenvalue weighted by Crippen LogP contribution is -2.44. The van der Waals surface area contributed by atoms with Crippen molar-refractivity contribution in [3.8, 4) is 21.9 Å². The molecule has 1 fully saturated rings. The zero-order chi connectivity index (χ0) is 15.8. The van der Waals surface area contributed by atoms with E-state index in [0.29, 0.717) is 11.7 Å². The summed E-state index contributed by atoms with van der Waals surface area (Å²) in [7, 11) is 2.08. The van der Waals surface area contributed by atoms with E-state index in [0.717, 1.165) is 40.0 Å². The fraction of sp³-hybridized carbons (Fsp3) is 0.333. The number of aromatic amines is 1. The summed E-state index contributed by atoms with van der Waals surface area (Å²) in [5, 5.41) is 7.55. The van der Waals surface area contributed by atoms with E-state index in [1.807, 2.05) is 24.5 Å². The number of rotatable bonds is 3. The third-order valence-corrected chi connectivity index (χ3v) is 5.33. The van der Waals surface area contributed by atoms with Crippen molar-refractivity contribution in [2.24, 2.45) is 0 Å². The van der Waals surface area contributed by atoms with E-state index >= 15 is 0 Å². The highest BCUT2D eigenvalue weighted by atomic mass is 35.5. The van der Waals surface area contributed by atoms with Crippen LogP contribution in [0.15, 0.2) is 29.0 Å². The van der Waals surface area contributed by atoms with Crippen LogP contribution in [0.3, 0.4) is 0 Å². The van der Waals surface area contributed by atoms with E-state index in [1.54, 1.807) is 0 Å². The quantitative estimate of drug-likeness (QED) is 0.722. The molecule has 4 heterocycles. The van der Waals surface area contributed by atoms with Crippen LogP contribution in [-0.4, -0.2) is 46.7 Å². The highest BCUT2D eigenvalue weighted by Crippen LogP contribution is 2.37. The summed E-state index contributed by atoms with van der Waals surface area (Å²) < 4.78 is 6.27. The molecule has 0 aliphatic carbocycles. The molecule has 1 atom stereocenters. The minimum atomic E-state index is 0. The van der Waals surface area contributed by atoms with E-state index in [4.69, 9.17) is 16.1 Å². The van der Waals surface area contributed by atoms with Gasteiger partial charge in [0.15, 0.2) is 5.82 Å². The van der Waals surface area contributed by atoms with E-state index in [-0.39, 0.29) is 18.4 Å². The summed E-state index contributed by atoms with van der Waals surface area (Å²) >= 11 is 7.57. The van der Waals surface area contributed by atoms with Crippen LogP contribution in [0.25, 0.3) is 21.9 Å². The molecular formula is C15H17Cl2N5OS. The van der Waals surface area contributed by atoms with Crippen LogP contribution in [0.5, 0.6) is 0 Å². The summed E-state index contributed by atoms with van der Waals surface area (Å²) in [5.41, 5.74) is 1.92. The molecule has 2 N–H and O–H groups in total. The predicted molar refractivity (Wildman–Crippen MR) is 97.9 cm³/mol. The maximum atomic E-state index is 6.04. The van der Waals surface area contributed by atoms with Crippen molar-refractivity contribution in [3.05, 3.63) is 34.7 Å². The first-order valence-electron chi connectivity index (χ1n) is 7.40. The first kappa shape index (κ1) is 17.4. The zero-order valence-corrected chi connectivity index (χ0v) is 15.3. The van der Waals surface area contributed by atoms with Gasteiger partial charge in [0, 0.05) is 42.5 Å². The van der Waals surface area contributed by atoms with Gasteiger partial charge in [0.2, 0.25) is 0 Å². The highest BCUT2D eigenvalue weighted by molar-refractivity contribution is 7.19. The van der Waals surface area contributed by atoms with Crippen LogP contribution in [-0.2, 0) is 0 Å². The van der Waals surface area contributed by atoms with Crippen molar-refractivity contribution < 1.29 is 4.52 Å². The van der Waals surface area contributed by atoms with Crippen molar-refractivity contribution in [1.82, 2.24) is 25.3 Å². The van der Waals surface area contributed by atoms with Crippen molar-refractivity contribution in [2.45, 2.75) is 6.04 Å². The number of aromatic nitrogens is 3. The van der Waals surface area contributed by atoms with Gasteiger partial charge in [0.25, 0.3) is 5.89 Å². The van der Waals surface area contributed by atoms with Gasteiger partial charge in [-0.2, -0.15) is 4.98 Å². The molecule has 0 saturated carbocycles. The van der Waals surface area contributed by atoms with Gasteiger partial charge in [-0.15, -0.1) is 23.7 Å². The number of H-pyrrole nitrogens is 1. The molecular weight excluding hydrogens is 369 g/mol. The fourth-order valence-corrected chi connectivity index (χ4v) is 3.85. The van der Waals surface area contributed by atoms with Crippen molar-refractivity contribution in [1.29, 1.82) is 0 Å². The number of nitrogens with one attached hydrogen (secondary N) is 2. The zero-order valence-electron chi connectivity index (χ0n) is 13.0. The largest absolute Gasteiger partial charge is 0.366 e. The Morgan fingerprint density at radius 3 is 2.92 bits per heavy atom. The molecule has 4 rings (SSSR count). The molecule has 3 aromatic heterocycles. The summed E-state index contributed by atoms with van der Waals surface area (Å²) in [6.07, 6.45) is 3.80. The van der Waals surface area contributed by atoms with Crippen LogP contribution < -0.4 is 5.32 Å². The first-order valence-corrected chi connectivity index (χ1v) is 8.59. The predicted octanol–water partition coefficient (Wildman–Crippen LogP) is 3.44. The molecule has 6 nitrogen and oxygen atoms in total. The number of likely N-dealkylation sites (N-methyl/N-ethyl adjacent to an activating group) is 1. The lowest BCUT2D eigenvalue weighted by atomic mass is 10.1. The molecule has 0 bridgehead atoms. The minimum Gasteiger partial charge on any atom is -0.366 e. The molecule has 0 spiro atoms. The van der Waals surface area contributed by atoms with Crippen molar-refractivity contribution >= 4 is 35.3 Å². The Balaban J connectivity index is 0.00000169. The molecule has 1 aliphatic heterocycles. The monoisotopic (exact) mass is 385 g/mol. The molecule has 1 unspecified atom stereocenters. The Morgan fingerprint density at radius 1 is 1.33 bits per heavy atom. The highest BCUT2D eigenvalue weighted by Gasteiger charge is 2.26. The molecule has 1 saturated heterocycles. The van der Waals surface area contributed by atoms with Gasteiger partial charge in [-0.25, -0.2) is 0 Å². The van der Waals surface area contributed by atoms with Gasteiger partial charge in [0.1, 0.15) is 0 Å². The second kappa shape index (κ2) is 7.25. The van der Waals surface area contributed by atoms with E-state index in [2.05, 4.69) is 32.4 Å². The Bertz CT molecular complexity index is 814. The molecule has 0 radical (unpaired) electrons. The summed E-state index contributed by atoms with van der Waals surface area (Å²) in [4.78, 5) is 11.0. The molecule has 1 aliphatic rings. The van der Waals surface area contributed by atoms with Crippen LogP contribution in [0.2, 0.25) is 4.34 Å². The Hall–Kier alpha value is -1.38. The lowest BCUT2D eigenvalue weighted by molar-refractivity contribution is 0.190. The topological polar surface area (TPSA) is 70.0 Å². The average Bonchev–Trinajstić information content (AvgIpc) is 3.26. The van der Waals surface area contributed by atoms with Crippen molar-refractivity contribution in [3.63, 3.8) is 0 Å². The molecule has 3 aromatic rings. The number of hydrogen-bond acceptors (Lipinski definition) is 6. The molecule has 0 amide bonds. The molecule has 128 valence electrons. The third kappa shape index (κ3) is 3.22. The number of nitrogens with zero attached hydrogens (tertiary/aromatic N) is 3. The molecule has 9 heteroatoms. The van der Waals surface area contributed by atoms with E-state index in [1.165, 1.54) is 11.3 Å². The number of hydrogen-bond donors (Lipinski definition) is 2. The molecule has 24 heavy (non-hydrogen) atoms. The second-order valence-electron chi connectivity index (χ2n) is 5.54. The maximum absolute atomic E-state index is 6.04. The molecule has 0 aromatic carbocycles. The Morgan fingerprint density at radius 2 is 2.17 bits per heavy atom. The van der Waals surface area contributed by atoms with Gasteiger partial charge in [-0.3, -0.25) is 4.90 Å². The van der Waals surface area contributed by atoms with Crippen molar-refractivity contribution in [2.75, 3.05) is 26.7 Å². The maximum Gasteiger partial charge on any atom is 0.260 e. The van der Waals surface area contributed by atoms with Crippen LogP contribution in [0.4, 0.5) is 0 Å². The van der Waals surface area contributed by atoms with Crippen LogP contribution >= 0.6 is 35.3 Å². The Kier molecular flexibility index (Phi) is 5.27. The number of halogens is 2. The van der Waals surface area contributed by atoms with E-state index < -0.39 is 0 Å². The third-order valence-electron chi connectivity index (χ3n) is 4.07.